The second-order valence-electron chi connectivity index (χ2n) is 6.04. The Balaban J connectivity index is 1.97. The van der Waals surface area contributed by atoms with E-state index < -0.39 is 0 Å². The number of rotatable bonds is 5. The van der Waals surface area contributed by atoms with Gasteiger partial charge >= 0.3 is 0 Å². The standard InChI is InChI=1S/C14H26N4O/c1-11-12(5-15-17(11)4)7-18-8-13(6-16(2)3)14(9-18)10-19/h5,13-14,19H,6-10H2,1-4H3. The highest BCUT2D eigenvalue weighted by Gasteiger charge is 2.32. The summed E-state index contributed by atoms with van der Waals surface area (Å²) < 4.78 is 1.92. The van der Waals surface area contributed by atoms with Crippen molar-refractivity contribution in [2.24, 2.45) is 18.9 Å². The normalized spacial score (nSPS) is 24.5. The van der Waals surface area contributed by atoms with Crippen molar-refractivity contribution in [3.8, 4) is 0 Å². The minimum Gasteiger partial charge on any atom is -0.396 e. The molecule has 5 nitrogen and oxygen atoms in total. The molecule has 0 radical (unpaired) electrons. The lowest BCUT2D eigenvalue weighted by Crippen LogP contribution is -2.28. The van der Waals surface area contributed by atoms with Gasteiger partial charge in [0.25, 0.3) is 0 Å². The highest BCUT2D eigenvalue weighted by molar-refractivity contribution is 5.15. The largest absolute Gasteiger partial charge is 0.396 e. The molecule has 1 aliphatic rings. The predicted octanol–water partition coefficient (Wildman–Crippen LogP) is 0.330. The number of hydrogen-bond acceptors (Lipinski definition) is 4. The van der Waals surface area contributed by atoms with Gasteiger partial charge in [0.15, 0.2) is 0 Å². The molecule has 0 bridgehead atoms. The van der Waals surface area contributed by atoms with Gasteiger partial charge in [0.2, 0.25) is 0 Å². The average Bonchev–Trinajstić information content (AvgIpc) is 2.87. The number of hydrogen-bond donors (Lipinski definition) is 1. The van der Waals surface area contributed by atoms with Gasteiger partial charge in [-0.1, -0.05) is 0 Å². The molecule has 108 valence electrons. The quantitative estimate of drug-likeness (QED) is 0.834. The van der Waals surface area contributed by atoms with Gasteiger partial charge in [-0.05, 0) is 32.9 Å². The Bertz CT molecular complexity index is 416. The average molecular weight is 266 g/mol. The fourth-order valence-electron chi connectivity index (χ4n) is 2.99. The third kappa shape index (κ3) is 3.35. The Labute approximate surface area is 115 Å². The second-order valence-corrected chi connectivity index (χ2v) is 6.04. The first-order valence-electron chi connectivity index (χ1n) is 6.96. The third-order valence-corrected chi connectivity index (χ3v) is 4.22. The van der Waals surface area contributed by atoms with Gasteiger partial charge in [-0.25, -0.2) is 0 Å². The third-order valence-electron chi connectivity index (χ3n) is 4.22. The van der Waals surface area contributed by atoms with Crippen molar-refractivity contribution < 1.29 is 5.11 Å². The van der Waals surface area contributed by atoms with Crippen LogP contribution >= 0.6 is 0 Å². The van der Waals surface area contributed by atoms with Crippen LogP contribution in [0, 0.1) is 18.8 Å². The summed E-state index contributed by atoms with van der Waals surface area (Å²) in [6.07, 6.45) is 1.96. The van der Waals surface area contributed by atoms with Crippen molar-refractivity contribution in [2.75, 3.05) is 40.3 Å². The van der Waals surface area contributed by atoms with Gasteiger partial charge in [-0.2, -0.15) is 5.10 Å². The Morgan fingerprint density at radius 2 is 2.05 bits per heavy atom. The molecule has 1 saturated heterocycles. The molecule has 0 spiro atoms. The van der Waals surface area contributed by atoms with Crippen molar-refractivity contribution in [2.45, 2.75) is 13.5 Å². The lowest BCUT2D eigenvalue weighted by Gasteiger charge is -2.20. The van der Waals surface area contributed by atoms with E-state index in [0.717, 1.165) is 26.2 Å². The van der Waals surface area contributed by atoms with E-state index in [1.54, 1.807) is 0 Å². The summed E-state index contributed by atoms with van der Waals surface area (Å²) in [5.74, 6) is 0.969. The zero-order valence-electron chi connectivity index (χ0n) is 12.5. The van der Waals surface area contributed by atoms with Gasteiger partial charge in [-0.3, -0.25) is 9.58 Å². The van der Waals surface area contributed by atoms with Crippen LogP contribution in [0.1, 0.15) is 11.3 Å². The molecule has 0 amide bonds. The summed E-state index contributed by atoms with van der Waals surface area (Å²) in [5.41, 5.74) is 2.53. The minimum atomic E-state index is 0.293. The molecular formula is C14H26N4O. The molecule has 2 atom stereocenters. The van der Waals surface area contributed by atoms with E-state index in [2.05, 4.69) is 35.9 Å². The van der Waals surface area contributed by atoms with Crippen LogP contribution in [0.3, 0.4) is 0 Å². The molecule has 2 unspecified atom stereocenters. The molecule has 1 aromatic rings. The Kier molecular flexibility index (Phi) is 4.60. The van der Waals surface area contributed by atoms with Gasteiger partial charge in [-0.15, -0.1) is 0 Å². The number of nitrogens with zero attached hydrogens (tertiary/aromatic N) is 4. The van der Waals surface area contributed by atoms with E-state index in [1.807, 2.05) is 17.9 Å². The molecule has 1 fully saturated rings. The molecule has 1 N–H and O–H groups in total. The summed E-state index contributed by atoms with van der Waals surface area (Å²) >= 11 is 0. The maximum Gasteiger partial charge on any atom is 0.0537 e. The van der Waals surface area contributed by atoms with Crippen molar-refractivity contribution in [3.05, 3.63) is 17.5 Å². The van der Waals surface area contributed by atoms with Crippen LogP contribution in [0.25, 0.3) is 0 Å². The molecule has 0 saturated carbocycles. The Morgan fingerprint density at radius 1 is 1.37 bits per heavy atom. The Morgan fingerprint density at radius 3 is 2.58 bits per heavy atom. The van der Waals surface area contributed by atoms with E-state index in [0.29, 0.717) is 18.4 Å². The molecule has 0 aromatic carbocycles. The Hall–Kier alpha value is -0.910. The van der Waals surface area contributed by atoms with Crippen LogP contribution in [0.15, 0.2) is 6.20 Å². The summed E-state index contributed by atoms with van der Waals surface area (Å²) in [6, 6.07) is 0. The van der Waals surface area contributed by atoms with Gasteiger partial charge in [0.05, 0.1) is 6.20 Å². The summed E-state index contributed by atoms with van der Waals surface area (Å²) in [5, 5.41) is 13.8. The van der Waals surface area contributed by atoms with Crippen LogP contribution in [0.4, 0.5) is 0 Å². The monoisotopic (exact) mass is 266 g/mol. The molecule has 2 heterocycles. The number of aromatic nitrogens is 2. The predicted molar refractivity (Wildman–Crippen MR) is 75.8 cm³/mol. The highest BCUT2D eigenvalue weighted by Crippen LogP contribution is 2.25. The van der Waals surface area contributed by atoms with Crippen LogP contribution in [0.5, 0.6) is 0 Å². The van der Waals surface area contributed by atoms with Gasteiger partial charge in [0, 0.05) is 51.1 Å². The molecule has 5 heteroatoms. The molecule has 1 aliphatic heterocycles. The molecule has 1 aromatic heterocycles. The smallest absolute Gasteiger partial charge is 0.0537 e. The fraction of sp³-hybridized carbons (Fsp3) is 0.786. The van der Waals surface area contributed by atoms with Crippen molar-refractivity contribution in [1.29, 1.82) is 0 Å². The number of aryl methyl sites for hydroxylation is 1. The first-order valence-corrected chi connectivity index (χ1v) is 6.96. The minimum absolute atomic E-state index is 0.293. The number of likely N-dealkylation sites (tertiary alicyclic amines) is 1. The molecule has 19 heavy (non-hydrogen) atoms. The van der Waals surface area contributed by atoms with Crippen LogP contribution in [-0.2, 0) is 13.6 Å². The molecular weight excluding hydrogens is 240 g/mol. The zero-order chi connectivity index (χ0) is 14.0. The maximum atomic E-state index is 9.53. The topological polar surface area (TPSA) is 44.5 Å². The second kappa shape index (κ2) is 6.03. The van der Waals surface area contributed by atoms with E-state index in [9.17, 15) is 5.11 Å². The SMILES string of the molecule is Cc1c(CN2CC(CO)C(CN(C)C)C2)cnn1C. The molecule has 2 rings (SSSR count). The summed E-state index contributed by atoms with van der Waals surface area (Å²) in [6.45, 7) is 6.45. The zero-order valence-corrected chi connectivity index (χ0v) is 12.5. The lowest BCUT2D eigenvalue weighted by molar-refractivity contribution is 0.183. The van der Waals surface area contributed by atoms with Gasteiger partial charge in [0.1, 0.15) is 0 Å². The number of aliphatic hydroxyl groups excluding tert-OH is 1. The first-order chi connectivity index (χ1) is 9.01. The summed E-state index contributed by atoms with van der Waals surface area (Å²) in [7, 11) is 6.18. The van der Waals surface area contributed by atoms with Crippen molar-refractivity contribution in [1.82, 2.24) is 19.6 Å². The molecule has 0 aliphatic carbocycles. The van der Waals surface area contributed by atoms with Gasteiger partial charge < -0.3 is 10.0 Å². The van der Waals surface area contributed by atoms with E-state index in [1.165, 1.54) is 11.3 Å². The van der Waals surface area contributed by atoms with Crippen molar-refractivity contribution in [3.63, 3.8) is 0 Å². The lowest BCUT2D eigenvalue weighted by atomic mass is 9.97. The highest BCUT2D eigenvalue weighted by atomic mass is 16.3. The van der Waals surface area contributed by atoms with Crippen molar-refractivity contribution >= 4 is 0 Å². The first kappa shape index (κ1) is 14.5. The summed E-state index contributed by atoms with van der Waals surface area (Å²) in [4.78, 5) is 4.66. The van der Waals surface area contributed by atoms with Crippen LogP contribution in [0.2, 0.25) is 0 Å². The fourth-order valence-corrected chi connectivity index (χ4v) is 2.99. The maximum absolute atomic E-state index is 9.53. The number of aliphatic hydroxyl groups is 1. The van der Waals surface area contributed by atoms with Crippen LogP contribution < -0.4 is 0 Å². The van der Waals surface area contributed by atoms with Crippen LogP contribution in [-0.4, -0.2) is 65.0 Å². The van der Waals surface area contributed by atoms with E-state index in [4.69, 9.17) is 0 Å². The van der Waals surface area contributed by atoms with E-state index in [-0.39, 0.29) is 0 Å². The van der Waals surface area contributed by atoms with E-state index >= 15 is 0 Å².